The van der Waals surface area contributed by atoms with Crippen LogP contribution in [0.5, 0.6) is 0 Å². The third-order valence-electron chi connectivity index (χ3n) is 19.2. The van der Waals surface area contributed by atoms with Crippen LogP contribution in [-0.2, 0) is 39.1 Å². The van der Waals surface area contributed by atoms with Crippen LogP contribution in [0.2, 0.25) is 0 Å². The Balaban J connectivity index is 1.11. The molecular weight excluding hydrogens is 767 g/mol. The Morgan fingerprint density at radius 1 is 0.984 bits per heavy atom. The van der Waals surface area contributed by atoms with Crippen LogP contribution in [0.15, 0.2) is 88.4 Å². The largest absolute Gasteiger partial charge is 0.449 e. The second-order valence-electron chi connectivity index (χ2n) is 21.9. The van der Waals surface area contributed by atoms with Crippen molar-refractivity contribution >= 4 is 11.9 Å². The number of hydrogen-bond donors (Lipinski definition) is 1. The van der Waals surface area contributed by atoms with Gasteiger partial charge in [0.15, 0.2) is 5.60 Å². The maximum absolute atomic E-state index is 16.0. The summed E-state index contributed by atoms with van der Waals surface area (Å²) in [5, 5.41) is 0. The van der Waals surface area contributed by atoms with E-state index in [-0.39, 0.29) is 23.8 Å². The van der Waals surface area contributed by atoms with Gasteiger partial charge in [0.25, 0.3) is 0 Å². The Kier molecular flexibility index (Phi) is 8.56. The molecule has 5 aliphatic carbocycles. The highest BCUT2D eigenvalue weighted by molar-refractivity contribution is 6.00. The molecule has 0 aromatic heterocycles. The molecule has 7 heteroatoms. The van der Waals surface area contributed by atoms with Gasteiger partial charge in [-0.1, -0.05) is 91.9 Å². The molecule has 7 nitrogen and oxygen atoms in total. The number of piperidine rings is 2. The van der Waals surface area contributed by atoms with E-state index >= 15 is 4.79 Å². The number of aryl methyl sites for hydroxylation is 2. The molecule has 15 bridgehead atoms. The maximum Gasteiger partial charge on any atom is 0.339 e. The lowest BCUT2D eigenvalue weighted by atomic mass is 9.29. The minimum Gasteiger partial charge on any atom is -0.449 e. The average Bonchev–Trinajstić information content (AvgIpc) is 3.71. The number of rotatable bonds is 5. The number of fused-ring (bicyclic) bond motifs is 6. The first-order valence-electron chi connectivity index (χ1n) is 25.1. The zero-order valence-corrected chi connectivity index (χ0v) is 37.1. The second-order valence-corrected chi connectivity index (χ2v) is 21.9. The van der Waals surface area contributed by atoms with E-state index in [2.05, 4.69) is 78.3 Å². The molecule has 2 aromatic carbocycles. The standard InChI is InChI=1S/C55H65N3O4/c1-3-9-40-18-20-46-53-22-21-41-43-28-38(47-32(2)24-37-17-19-44-39-27-35(29-57(40)31-39)30-58(44)50(37)49(41)47)26-34-12-6-11-33(25-34)10-4-5-16-45(54(43,53)52(60)61-46)55(53)42-15-7-13-36(14-8-23-56)48(42)51(59)62-55/h6-7,11-13,15,20,25,28,32,35,39-40,44-45,47,49H,3-5,8-10,14,16-19,21-24,26-27,29-31,56H2,1-2H3. The van der Waals surface area contributed by atoms with E-state index in [0.717, 1.165) is 113 Å². The summed E-state index contributed by atoms with van der Waals surface area (Å²) in [7, 11) is 0. The van der Waals surface area contributed by atoms with Gasteiger partial charge < -0.3 is 20.1 Å². The smallest absolute Gasteiger partial charge is 0.339 e. The van der Waals surface area contributed by atoms with Crippen LogP contribution in [0.3, 0.4) is 0 Å². The highest BCUT2D eigenvalue weighted by Gasteiger charge is 2.92. The molecule has 3 spiro atoms. The Bertz CT molecular complexity index is 2430. The third-order valence-corrected chi connectivity index (χ3v) is 19.2. The molecule has 0 radical (unpaired) electrons. The number of carbonyl (C=O) groups excluding carboxylic acids is 2. The first-order valence-corrected chi connectivity index (χ1v) is 25.1. The van der Waals surface area contributed by atoms with Gasteiger partial charge in [-0.3, -0.25) is 9.69 Å². The molecule has 1 saturated carbocycles. The van der Waals surface area contributed by atoms with Gasteiger partial charge in [-0.05, 0) is 148 Å². The van der Waals surface area contributed by atoms with Gasteiger partial charge >= 0.3 is 11.9 Å². The first kappa shape index (κ1) is 38.5. The summed E-state index contributed by atoms with van der Waals surface area (Å²) in [5.74, 6) is 2.77. The number of benzene rings is 2. The van der Waals surface area contributed by atoms with Crippen molar-refractivity contribution < 1.29 is 19.1 Å². The Morgan fingerprint density at radius 3 is 2.76 bits per heavy atom. The third kappa shape index (κ3) is 4.75. The van der Waals surface area contributed by atoms with Crippen LogP contribution in [0, 0.1) is 46.3 Å². The average molecular weight is 832 g/mol. The van der Waals surface area contributed by atoms with Gasteiger partial charge in [-0.25, -0.2) is 4.79 Å². The fourth-order valence-corrected chi connectivity index (χ4v) is 17.3. The molecule has 9 aliphatic heterocycles. The van der Waals surface area contributed by atoms with Crippen LogP contribution in [0.1, 0.15) is 130 Å². The minimum atomic E-state index is -0.993. The Hall–Kier alpha value is -3.94. The van der Waals surface area contributed by atoms with Crippen molar-refractivity contribution in [3.8, 4) is 0 Å². The van der Waals surface area contributed by atoms with Gasteiger partial charge in [0, 0.05) is 54.8 Å². The first-order chi connectivity index (χ1) is 30.3. The molecule has 2 aromatic rings. The van der Waals surface area contributed by atoms with E-state index in [1.807, 2.05) is 0 Å². The van der Waals surface area contributed by atoms with Gasteiger partial charge in [-0.2, -0.15) is 0 Å². The Labute approximate surface area is 368 Å². The van der Waals surface area contributed by atoms with Crippen LogP contribution in [-0.4, -0.2) is 60.0 Å². The number of hydrogen-bond acceptors (Lipinski definition) is 7. The van der Waals surface area contributed by atoms with Crippen molar-refractivity contribution in [1.82, 2.24) is 9.80 Å². The monoisotopic (exact) mass is 831 g/mol. The van der Waals surface area contributed by atoms with Crippen molar-refractivity contribution in [3.63, 3.8) is 0 Å². The fourth-order valence-electron chi connectivity index (χ4n) is 17.3. The zero-order chi connectivity index (χ0) is 41.7. The van der Waals surface area contributed by atoms with Crippen molar-refractivity contribution in [2.75, 3.05) is 26.2 Å². The summed E-state index contributed by atoms with van der Waals surface area (Å²) < 4.78 is 14.3. The summed E-state index contributed by atoms with van der Waals surface area (Å²) in [6, 6.07) is 16.8. The number of carbonyl (C=O) groups is 2. The number of ether oxygens (including phenoxy) is 2. The number of allylic oxidation sites excluding steroid dienone is 4. The second kappa shape index (κ2) is 13.8. The molecule has 14 aliphatic rings. The number of esters is 2. The molecule has 16 rings (SSSR count). The fraction of sp³-hybridized carbons (Fsp3) is 0.600. The molecule has 12 atom stereocenters. The lowest BCUT2D eigenvalue weighted by molar-refractivity contribution is -0.275. The van der Waals surface area contributed by atoms with E-state index in [0.29, 0.717) is 42.3 Å². The molecule has 3 saturated heterocycles. The van der Waals surface area contributed by atoms with E-state index in [9.17, 15) is 4.79 Å². The van der Waals surface area contributed by atoms with Crippen LogP contribution < -0.4 is 5.73 Å². The van der Waals surface area contributed by atoms with Gasteiger partial charge in [0.1, 0.15) is 11.2 Å². The van der Waals surface area contributed by atoms with Gasteiger partial charge in [-0.15, -0.1) is 0 Å². The summed E-state index contributed by atoms with van der Waals surface area (Å²) in [6.07, 6.45) is 20.9. The predicted octanol–water partition coefficient (Wildman–Crippen LogP) is 9.50. The molecular formula is C55H65N3O4. The molecule has 62 heavy (non-hydrogen) atoms. The lowest BCUT2D eigenvalue weighted by Gasteiger charge is -2.71. The van der Waals surface area contributed by atoms with Gasteiger partial charge in [0.05, 0.1) is 11.0 Å². The molecule has 0 amide bonds. The van der Waals surface area contributed by atoms with Crippen molar-refractivity contribution in [2.45, 2.75) is 134 Å². The summed E-state index contributed by atoms with van der Waals surface area (Å²) in [5.41, 5.74) is 16.5. The highest BCUT2D eigenvalue weighted by atomic mass is 16.6. The zero-order valence-electron chi connectivity index (χ0n) is 37.1. The molecule has 12 unspecified atom stereocenters. The molecule has 4 fully saturated rings. The van der Waals surface area contributed by atoms with Crippen molar-refractivity contribution in [3.05, 3.63) is 116 Å². The maximum atomic E-state index is 16.0. The normalized spacial score (nSPS) is 40.6. The summed E-state index contributed by atoms with van der Waals surface area (Å²) >= 11 is 0. The van der Waals surface area contributed by atoms with Crippen molar-refractivity contribution in [1.29, 1.82) is 0 Å². The molecule has 2 N–H and O–H groups in total. The van der Waals surface area contributed by atoms with Crippen LogP contribution in [0.4, 0.5) is 0 Å². The predicted molar refractivity (Wildman–Crippen MR) is 239 cm³/mol. The number of nitrogens with zero attached hydrogens (tertiary/aromatic N) is 2. The number of nitrogens with two attached hydrogens (primary N) is 1. The summed E-state index contributed by atoms with van der Waals surface area (Å²) in [4.78, 5) is 36.8. The molecule has 9 heterocycles. The highest BCUT2D eigenvalue weighted by Crippen LogP contribution is 2.87. The van der Waals surface area contributed by atoms with Gasteiger partial charge in [0.2, 0.25) is 0 Å². The van der Waals surface area contributed by atoms with Crippen molar-refractivity contribution in [2.24, 2.45) is 52.1 Å². The SMILES string of the molecule is CCCC1CC=C2OC(=O)C34C5=C6CCC23C2(OC(=O)c3c(CCCN)cccc32)C4CCCCc2cccc(c2)CC(=C5)C2C(C)CC3=C(C62)N2CC4CC(CN1C4)C2CC3. The van der Waals surface area contributed by atoms with E-state index in [1.54, 1.807) is 11.3 Å². The van der Waals surface area contributed by atoms with Crippen LogP contribution >= 0.6 is 0 Å². The van der Waals surface area contributed by atoms with E-state index in [4.69, 9.17) is 15.2 Å². The van der Waals surface area contributed by atoms with E-state index < -0.39 is 16.4 Å². The minimum absolute atomic E-state index is 0.0828. The van der Waals surface area contributed by atoms with Crippen LogP contribution in [0.25, 0.3) is 0 Å². The molecule has 324 valence electrons. The quantitative estimate of drug-likeness (QED) is 0.301. The topological polar surface area (TPSA) is 85.1 Å². The summed E-state index contributed by atoms with van der Waals surface area (Å²) in [6.45, 7) is 8.92. The van der Waals surface area contributed by atoms with E-state index in [1.165, 1.54) is 60.1 Å². The Morgan fingerprint density at radius 2 is 1.87 bits per heavy atom. The lowest BCUT2D eigenvalue weighted by Crippen LogP contribution is -2.77.